The van der Waals surface area contributed by atoms with Crippen molar-refractivity contribution in [3.05, 3.63) is 0 Å². The minimum atomic E-state index is -1.96. The first kappa shape index (κ1) is 54.1. The topological polar surface area (TPSA) is 307 Å². The summed E-state index contributed by atoms with van der Waals surface area (Å²) >= 11 is 0. The van der Waals surface area contributed by atoms with Crippen LogP contribution in [-0.2, 0) is 33.2 Å². The predicted octanol–water partition coefficient (Wildman–Crippen LogP) is -0.641. The molecular formula is C42H79NO18. The molecule has 0 radical (unpaired) electrons. The van der Waals surface area contributed by atoms with Gasteiger partial charge in [0, 0.05) is 6.42 Å². The van der Waals surface area contributed by atoms with Crippen molar-refractivity contribution in [3.8, 4) is 0 Å². The first-order chi connectivity index (χ1) is 29.3. The highest BCUT2D eigenvalue weighted by atomic mass is 16.8. The molecule has 3 heterocycles. The van der Waals surface area contributed by atoms with Crippen molar-refractivity contribution < 1.29 is 89.4 Å². The van der Waals surface area contributed by atoms with Crippen LogP contribution in [0.2, 0.25) is 0 Å². The summed E-state index contributed by atoms with van der Waals surface area (Å²) < 4.78 is 33.7. The zero-order valence-corrected chi connectivity index (χ0v) is 36.1. The molecule has 360 valence electrons. The van der Waals surface area contributed by atoms with E-state index >= 15 is 0 Å². The van der Waals surface area contributed by atoms with E-state index in [9.17, 15) is 61.0 Å². The molecule has 0 spiro atoms. The molecule has 1 amide bonds. The smallest absolute Gasteiger partial charge is 0.220 e. The lowest BCUT2D eigenvalue weighted by Crippen LogP contribution is -2.66. The van der Waals surface area contributed by atoms with Gasteiger partial charge in [0.05, 0.1) is 38.6 Å². The number of carbonyl (C=O) groups is 1. The lowest BCUT2D eigenvalue weighted by Gasteiger charge is -2.48. The Labute approximate surface area is 360 Å². The summed E-state index contributed by atoms with van der Waals surface area (Å²) in [7, 11) is 0. The number of unbranched alkanes of at least 4 members (excludes halogenated alkanes) is 15. The first-order valence-corrected chi connectivity index (χ1v) is 22.8. The van der Waals surface area contributed by atoms with Crippen LogP contribution in [0, 0.1) is 0 Å². The Hall–Kier alpha value is -1.21. The van der Waals surface area contributed by atoms with Gasteiger partial charge in [-0.1, -0.05) is 117 Å². The van der Waals surface area contributed by atoms with Gasteiger partial charge in [-0.3, -0.25) is 4.79 Å². The predicted molar refractivity (Wildman–Crippen MR) is 217 cm³/mol. The van der Waals surface area contributed by atoms with Gasteiger partial charge in [0.2, 0.25) is 5.91 Å². The highest BCUT2D eigenvalue weighted by Crippen LogP contribution is 2.33. The molecular weight excluding hydrogens is 806 g/mol. The van der Waals surface area contributed by atoms with Gasteiger partial charge in [-0.05, 0) is 6.42 Å². The number of aliphatic hydroxyl groups excluding tert-OH is 11. The van der Waals surface area contributed by atoms with Gasteiger partial charge in [-0.2, -0.15) is 0 Å². The van der Waals surface area contributed by atoms with Crippen LogP contribution in [0.15, 0.2) is 0 Å². The van der Waals surface area contributed by atoms with Crippen LogP contribution >= 0.6 is 0 Å². The maximum atomic E-state index is 12.4. The van der Waals surface area contributed by atoms with Crippen LogP contribution in [0.3, 0.4) is 0 Å². The highest BCUT2D eigenvalue weighted by Gasteiger charge is 2.53. The fourth-order valence-electron chi connectivity index (χ4n) is 8.04. The SMILES string of the molecule is CCCCCCCCCCCCCCCCCCC(O)C(COC1OC(CO)C(OC2OC(CO)C(OC3OC(CO)C(O)C(O)C3O)C(O)C2O)C(O)C1O)NC(=O)CC. The normalized spacial score (nSPS) is 35.5. The maximum absolute atomic E-state index is 12.4. The quantitative estimate of drug-likeness (QED) is 0.0399. The lowest BCUT2D eigenvalue weighted by atomic mass is 9.96. The van der Waals surface area contributed by atoms with E-state index in [4.69, 9.17) is 28.4 Å². The van der Waals surface area contributed by atoms with E-state index in [-0.39, 0.29) is 18.9 Å². The van der Waals surface area contributed by atoms with Crippen LogP contribution in [0.4, 0.5) is 0 Å². The van der Waals surface area contributed by atoms with Gasteiger partial charge in [-0.25, -0.2) is 0 Å². The number of carbonyl (C=O) groups excluding carboxylic acids is 1. The number of aliphatic hydroxyl groups is 11. The maximum Gasteiger partial charge on any atom is 0.220 e. The molecule has 19 nitrogen and oxygen atoms in total. The molecule has 12 N–H and O–H groups in total. The van der Waals surface area contributed by atoms with E-state index in [2.05, 4.69) is 12.2 Å². The Balaban J connectivity index is 1.45. The van der Waals surface area contributed by atoms with Crippen molar-refractivity contribution in [1.82, 2.24) is 5.32 Å². The third kappa shape index (κ3) is 16.9. The number of nitrogens with one attached hydrogen (secondary N) is 1. The Morgan fingerprint density at radius 1 is 0.525 bits per heavy atom. The Morgan fingerprint density at radius 2 is 0.918 bits per heavy atom. The summed E-state index contributed by atoms with van der Waals surface area (Å²) in [6.45, 7) is 1.19. The Bertz CT molecular complexity index is 1160. The van der Waals surface area contributed by atoms with E-state index in [1.165, 1.54) is 77.0 Å². The molecule has 3 aliphatic heterocycles. The fraction of sp³-hybridized carbons (Fsp3) is 0.976. The standard InChI is InChI=1S/C42H79NO18/c1-3-5-6-7-8-9-10-11-12-13-14-15-16-17-18-19-20-26(47)25(43-30(48)4-2)24-56-40-36(54)33(51)38(28(22-45)58-40)61-42-37(55)34(52)39(29(23-46)59-42)60-41-35(53)32(50)31(49)27(21-44)57-41/h25-29,31-42,44-47,49-55H,3-24H2,1-2H3,(H,43,48). The van der Waals surface area contributed by atoms with E-state index < -0.39 is 124 Å². The summed E-state index contributed by atoms with van der Waals surface area (Å²) in [5, 5.41) is 118. The molecule has 0 saturated carbocycles. The molecule has 19 heteroatoms. The molecule has 0 aromatic heterocycles. The van der Waals surface area contributed by atoms with Crippen LogP contribution in [0.5, 0.6) is 0 Å². The average molecular weight is 886 g/mol. The van der Waals surface area contributed by atoms with Crippen molar-refractivity contribution in [2.75, 3.05) is 26.4 Å². The van der Waals surface area contributed by atoms with E-state index in [1.54, 1.807) is 6.92 Å². The third-order valence-electron chi connectivity index (χ3n) is 12.0. The van der Waals surface area contributed by atoms with Crippen molar-refractivity contribution in [2.45, 2.75) is 234 Å². The third-order valence-corrected chi connectivity index (χ3v) is 12.0. The number of hydrogen-bond acceptors (Lipinski definition) is 18. The second-order valence-corrected chi connectivity index (χ2v) is 16.8. The number of rotatable bonds is 30. The minimum absolute atomic E-state index is 0.149. The van der Waals surface area contributed by atoms with Gasteiger partial charge >= 0.3 is 0 Å². The highest BCUT2D eigenvalue weighted by molar-refractivity contribution is 5.75. The molecule has 3 aliphatic rings. The molecule has 3 rings (SSSR count). The zero-order chi connectivity index (χ0) is 44.9. The molecule has 17 unspecified atom stereocenters. The molecule has 61 heavy (non-hydrogen) atoms. The van der Waals surface area contributed by atoms with Gasteiger partial charge in [0.25, 0.3) is 0 Å². The van der Waals surface area contributed by atoms with Crippen LogP contribution in [0.1, 0.15) is 129 Å². The van der Waals surface area contributed by atoms with Crippen molar-refractivity contribution in [2.24, 2.45) is 0 Å². The number of ether oxygens (including phenoxy) is 6. The monoisotopic (exact) mass is 886 g/mol. The molecule has 0 aromatic rings. The van der Waals surface area contributed by atoms with Crippen molar-refractivity contribution in [1.29, 1.82) is 0 Å². The molecule has 0 aliphatic carbocycles. The van der Waals surface area contributed by atoms with E-state index in [0.29, 0.717) is 6.42 Å². The second-order valence-electron chi connectivity index (χ2n) is 16.8. The van der Waals surface area contributed by atoms with Gasteiger partial charge < -0.3 is 89.9 Å². The summed E-state index contributed by atoms with van der Waals surface area (Å²) in [6, 6.07) is -0.876. The summed E-state index contributed by atoms with van der Waals surface area (Å²) in [6.07, 6.45) is -6.42. The largest absolute Gasteiger partial charge is 0.394 e. The van der Waals surface area contributed by atoms with Crippen molar-refractivity contribution in [3.63, 3.8) is 0 Å². The minimum Gasteiger partial charge on any atom is -0.394 e. The molecule has 3 saturated heterocycles. The first-order valence-electron chi connectivity index (χ1n) is 22.8. The molecule has 0 bridgehead atoms. The number of amides is 1. The van der Waals surface area contributed by atoms with Crippen LogP contribution < -0.4 is 5.32 Å². The average Bonchev–Trinajstić information content (AvgIpc) is 3.26. The lowest BCUT2D eigenvalue weighted by molar-refractivity contribution is -0.379. The molecule has 0 aromatic carbocycles. The Kier molecular flexibility index (Phi) is 26.0. The Morgan fingerprint density at radius 3 is 1.36 bits per heavy atom. The van der Waals surface area contributed by atoms with E-state index in [1.807, 2.05) is 0 Å². The summed E-state index contributed by atoms with van der Waals surface area (Å²) in [4.78, 5) is 12.4. The number of hydrogen-bond donors (Lipinski definition) is 12. The molecule has 17 atom stereocenters. The van der Waals surface area contributed by atoms with Gasteiger partial charge in [-0.15, -0.1) is 0 Å². The summed E-state index contributed by atoms with van der Waals surface area (Å²) in [5.74, 6) is -0.332. The van der Waals surface area contributed by atoms with Crippen LogP contribution in [-0.4, -0.2) is 193 Å². The summed E-state index contributed by atoms with van der Waals surface area (Å²) in [5.41, 5.74) is 0. The fourth-order valence-corrected chi connectivity index (χ4v) is 8.04. The second kappa shape index (κ2) is 29.4. The van der Waals surface area contributed by atoms with Crippen molar-refractivity contribution >= 4 is 5.91 Å². The van der Waals surface area contributed by atoms with E-state index in [0.717, 1.165) is 25.7 Å². The molecule has 3 fully saturated rings. The van der Waals surface area contributed by atoms with Gasteiger partial charge in [0.15, 0.2) is 18.9 Å². The zero-order valence-electron chi connectivity index (χ0n) is 36.1. The van der Waals surface area contributed by atoms with Crippen LogP contribution in [0.25, 0.3) is 0 Å². The van der Waals surface area contributed by atoms with Gasteiger partial charge in [0.1, 0.15) is 73.2 Å².